The second-order valence-corrected chi connectivity index (χ2v) is 7.21. The van der Waals surface area contributed by atoms with E-state index in [1.807, 2.05) is 18.2 Å². The van der Waals surface area contributed by atoms with Crippen molar-refractivity contribution < 1.29 is 19.5 Å². The molecule has 0 atom stereocenters. The molecule has 0 bridgehead atoms. The Morgan fingerprint density at radius 1 is 1.00 bits per heavy atom. The number of aryl methyl sites for hydroxylation is 2. The van der Waals surface area contributed by atoms with Crippen molar-refractivity contribution in [2.45, 2.75) is 63.8 Å². The molecule has 0 aromatic heterocycles. The van der Waals surface area contributed by atoms with Gasteiger partial charge in [0.15, 0.2) is 5.78 Å². The summed E-state index contributed by atoms with van der Waals surface area (Å²) in [5.41, 5.74) is 3.31. The number of carboxylic acids is 1. The van der Waals surface area contributed by atoms with Crippen LogP contribution in [0.15, 0.2) is 18.2 Å². The number of hydrogen-bond donors (Lipinski definition) is 2. The summed E-state index contributed by atoms with van der Waals surface area (Å²) in [4.78, 5) is 35.3. The molecule has 1 fully saturated rings. The lowest BCUT2D eigenvalue weighted by atomic mass is 9.86. The summed E-state index contributed by atoms with van der Waals surface area (Å²) in [7, 11) is 0. The Balaban J connectivity index is 1.43. The van der Waals surface area contributed by atoms with Gasteiger partial charge in [-0.15, -0.1) is 0 Å². The van der Waals surface area contributed by atoms with Crippen molar-refractivity contribution in [3.63, 3.8) is 0 Å². The van der Waals surface area contributed by atoms with Gasteiger partial charge in [-0.25, -0.2) is 0 Å². The zero-order chi connectivity index (χ0) is 17.8. The molecule has 5 heteroatoms. The fourth-order valence-electron chi connectivity index (χ4n) is 3.90. The van der Waals surface area contributed by atoms with Gasteiger partial charge in [-0.05, 0) is 62.1 Å². The van der Waals surface area contributed by atoms with Gasteiger partial charge in [0.1, 0.15) is 0 Å². The van der Waals surface area contributed by atoms with Crippen molar-refractivity contribution >= 4 is 17.7 Å². The van der Waals surface area contributed by atoms with Crippen LogP contribution < -0.4 is 5.32 Å². The third-order valence-corrected chi connectivity index (χ3v) is 5.44. The van der Waals surface area contributed by atoms with Gasteiger partial charge in [-0.3, -0.25) is 14.4 Å². The largest absolute Gasteiger partial charge is 0.481 e. The molecule has 1 aromatic carbocycles. The van der Waals surface area contributed by atoms with E-state index < -0.39 is 5.97 Å². The van der Waals surface area contributed by atoms with Crippen LogP contribution in [0.1, 0.15) is 66.4 Å². The SMILES string of the molecule is O=C(CCC(=O)c1ccc2c(c1)CCC2)NC1CCC(C(=O)O)CC1. The first-order valence-corrected chi connectivity index (χ1v) is 9.20. The van der Waals surface area contributed by atoms with E-state index in [4.69, 9.17) is 5.11 Å². The van der Waals surface area contributed by atoms with Crippen LogP contribution in [-0.2, 0) is 22.4 Å². The summed E-state index contributed by atoms with van der Waals surface area (Å²) in [6.07, 6.45) is 6.29. The average molecular weight is 343 g/mol. The van der Waals surface area contributed by atoms with Crippen molar-refractivity contribution in [1.82, 2.24) is 5.32 Å². The number of ketones is 1. The van der Waals surface area contributed by atoms with Gasteiger partial charge in [0, 0.05) is 24.4 Å². The van der Waals surface area contributed by atoms with E-state index in [0.29, 0.717) is 31.2 Å². The Bertz CT molecular complexity index is 674. The lowest BCUT2D eigenvalue weighted by Gasteiger charge is -2.26. The van der Waals surface area contributed by atoms with Crippen LogP contribution in [0.3, 0.4) is 0 Å². The highest BCUT2D eigenvalue weighted by Gasteiger charge is 2.26. The highest BCUT2D eigenvalue weighted by atomic mass is 16.4. The molecule has 2 aliphatic rings. The molecule has 2 N–H and O–H groups in total. The van der Waals surface area contributed by atoms with Gasteiger partial charge in [0.05, 0.1) is 5.92 Å². The van der Waals surface area contributed by atoms with Gasteiger partial charge in [-0.1, -0.05) is 12.1 Å². The minimum Gasteiger partial charge on any atom is -0.481 e. The fourth-order valence-corrected chi connectivity index (χ4v) is 3.90. The Morgan fingerprint density at radius 3 is 2.44 bits per heavy atom. The Morgan fingerprint density at radius 2 is 1.72 bits per heavy atom. The van der Waals surface area contributed by atoms with Crippen molar-refractivity contribution in [1.29, 1.82) is 0 Å². The zero-order valence-corrected chi connectivity index (χ0v) is 14.4. The van der Waals surface area contributed by atoms with Crippen LogP contribution in [0.5, 0.6) is 0 Å². The predicted octanol–water partition coefficient (Wildman–Crippen LogP) is 2.90. The molecule has 5 nitrogen and oxygen atoms in total. The minimum absolute atomic E-state index is 0.0134. The standard InChI is InChI=1S/C20H25NO4/c22-18(16-5-4-13-2-1-3-15(13)12-16)10-11-19(23)21-17-8-6-14(7-9-17)20(24)25/h4-5,12,14,17H,1-3,6-11H2,(H,21,23)(H,24,25). The van der Waals surface area contributed by atoms with E-state index in [9.17, 15) is 14.4 Å². The van der Waals surface area contributed by atoms with E-state index in [0.717, 1.165) is 19.3 Å². The van der Waals surface area contributed by atoms with E-state index in [1.165, 1.54) is 11.1 Å². The van der Waals surface area contributed by atoms with Crippen LogP contribution in [0, 0.1) is 5.92 Å². The average Bonchev–Trinajstić information content (AvgIpc) is 3.07. The summed E-state index contributed by atoms with van der Waals surface area (Å²) < 4.78 is 0. The van der Waals surface area contributed by atoms with Crippen LogP contribution in [0.25, 0.3) is 0 Å². The molecular weight excluding hydrogens is 318 g/mol. The molecule has 0 aliphatic heterocycles. The second-order valence-electron chi connectivity index (χ2n) is 7.21. The molecular formula is C20H25NO4. The van der Waals surface area contributed by atoms with Crippen LogP contribution >= 0.6 is 0 Å². The third-order valence-electron chi connectivity index (χ3n) is 5.44. The number of rotatable bonds is 6. The van der Waals surface area contributed by atoms with Crippen molar-refractivity contribution in [2.24, 2.45) is 5.92 Å². The number of nitrogens with one attached hydrogen (secondary N) is 1. The highest BCUT2D eigenvalue weighted by Crippen LogP contribution is 2.25. The van der Waals surface area contributed by atoms with Crippen LogP contribution in [0.4, 0.5) is 0 Å². The van der Waals surface area contributed by atoms with Crippen molar-refractivity contribution in [3.8, 4) is 0 Å². The van der Waals surface area contributed by atoms with Crippen LogP contribution in [0.2, 0.25) is 0 Å². The lowest BCUT2D eigenvalue weighted by molar-refractivity contribution is -0.142. The molecule has 1 aromatic rings. The zero-order valence-electron chi connectivity index (χ0n) is 14.4. The van der Waals surface area contributed by atoms with Gasteiger partial charge in [0.2, 0.25) is 5.91 Å². The van der Waals surface area contributed by atoms with Crippen molar-refractivity contribution in [2.75, 3.05) is 0 Å². The summed E-state index contributed by atoms with van der Waals surface area (Å²) in [5, 5.41) is 11.9. The minimum atomic E-state index is -0.746. The number of hydrogen-bond acceptors (Lipinski definition) is 3. The topological polar surface area (TPSA) is 83.5 Å². The molecule has 0 radical (unpaired) electrons. The molecule has 0 saturated heterocycles. The number of amides is 1. The van der Waals surface area contributed by atoms with E-state index >= 15 is 0 Å². The van der Waals surface area contributed by atoms with Gasteiger partial charge < -0.3 is 10.4 Å². The maximum Gasteiger partial charge on any atom is 0.306 e. The number of carbonyl (C=O) groups is 3. The monoisotopic (exact) mass is 343 g/mol. The number of aliphatic carboxylic acids is 1. The number of fused-ring (bicyclic) bond motifs is 1. The maximum absolute atomic E-state index is 12.3. The van der Waals surface area contributed by atoms with Gasteiger partial charge in [0.25, 0.3) is 0 Å². The number of carboxylic acid groups (broad SMARTS) is 1. The highest BCUT2D eigenvalue weighted by molar-refractivity contribution is 5.98. The first-order valence-electron chi connectivity index (χ1n) is 9.20. The second kappa shape index (κ2) is 7.81. The molecule has 25 heavy (non-hydrogen) atoms. The molecule has 2 aliphatic carbocycles. The first kappa shape index (κ1) is 17.6. The molecule has 3 rings (SSSR count). The summed E-state index contributed by atoms with van der Waals surface area (Å²) in [5.74, 6) is -1.13. The molecule has 0 heterocycles. The Kier molecular flexibility index (Phi) is 5.51. The predicted molar refractivity (Wildman–Crippen MR) is 93.6 cm³/mol. The smallest absolute Gasteiger partial charge is 0.306 e. The number of carbonyl (C=O) groups excluding carboxylic acids is 2. The summed E-state index contributed by atoms with van der Waals surface area (Å²) in [6.45, 7) is 0. The molecule has 0 unspecified atom stereocenters. The Hall–Kier alpha value is -2.17. The molecule has 134 valence electrons. The summed E-state index contributed by atoms with van der Waals surface area (Å²) in [6, 6.07) is 5.93. The quantitative estimate of drug-likeness (QED) is 0.778. The maximum atomic E-state index is 12.3. The summed E-state index contributed by atoms with van der Waals surface area (Å²) >= 11 is 0. The van der Waals surface area contributed by atoms with E-state index in [-0.39, 0.29) is 36.5 Å². The molecule has 0 spiro atoms. The lowest BCUT2D eigenvalue weighted by Crippen LogP contribution is -2.38. The van der Waals surface area contributed by atoms with Crippen molar-refractivity contribution in [3.05, 3.63) is 34.9 Å². The molecule has 1 amide bonds. The van der Waals surface area contributed by atoms with E-state index in [1.54, 1.807) is 0 Å². The van der Waals surface area contributed by atoms with E-state index in [2.05, 4.69) is 5.32 Å². The third kappa shape index (κ3) is 4.47. The first-order chi connectivity index (χ1) is 12.0. The van der Waals surface area contributed by atoms with Gasteiger partial charge >= 0.3 is 5.97 Å². The molecule has 1 saturated carbocycles. The van der Waals surface area contributed by atoms with Crippen LogP contribution in [-0.4, -0.2) is 28.8 Å². The number of benzene rings is 1. The normalized spacial score (nSPS) is 22.2. The number of Topliss-reactive ketones (excluding diaryl/α,β-unsaturated/α-hetero) is 1. The fraction of sp³-hybridized carbons (Fsp3) is 0.550. The Labute approximate surface area is 147 Å². The van der Waals surface area contributed by atoms with Gasteiger partial charge in [-0.2, -0.15) is 0 Å².